The first-order chi connectivity index (χ1) is 16.1. The third-order valence-corrected chi connectivity index (χ3v) is 6.00. The van der Waals surface area contributed by atoms with Gasteiger partial charge in [0.1, 0.15) is 0 Å². The van der Waals surface area contributed by atoms with Crippen molar-refractivity contribution < 1.29 is 24.1 Å². The number of rotatable bonds is 13. The molecule has 3 rings (SSSR count). The minimum atomic E-state index is -0.735. The van der Waals surface area contributed by atoms with Gasteiger partial charge in [0, 0.05) is 50.4 Å². The lowest BCUT2D eigenvalue weighted by Gasteiger charge is -2.36. The van der Waals surface area contributed by atoms with E-state index in [1.165, 1.54) is 5.69 Å². The summed E-state index contributed by atoms with van der Waals surface area (Å²) in [5.41, 5.74) is 2.36. The van der Waals surface area contributed by atoms with Crippen LogP contribution in [0.4, 0.5) is 5.69 Å². The fourth-order valence-electron chi connectivity index (χ4n) is 4.17. The van der Waals surface area contributed by atoms with Gasteiger partial charge in [-0.15, -0.1) is 0 Å². The lowest BCUT2D eigenvalue weighted by atomic mass is 10.1. The van der Waals surface area contributed by atoms with Gasteiger partial charge >= 0.3 is 5.97 Å². The Bertz CT molecular complexity index is 866. The monoisotopic (exact) mass is 456 g/mol. The number of carboxylic acid groups (broad SMARTS) is 1. The van der Waals surface area contributed by atoms with Crippen molar-refractivity contribution in [3.63, 3.8) is 0 Å². The van der Waals surface area contributed by atoms with Crippen molar-refractivity contribution >= 4 is 11.7 Å². The van der Waals surface area contributed by atoms with E-state index in [9.17, 15) is 4.79 Å². The highest BCUT2D eigenvalue weighted by Crippen LogP contribution is 2.40. The maximum absolute atomic E-state index is 10.6. The van der Waals surface area contributed by atoms with Crippen LogP contribution in [0, 0.1) is 0 Å². The Labute approximate surface area is 196 Å². The normalized spacial score (nSPS) is 14.2. The predicted octanol–water partition coefficient (Wildman–Crippen LogP) is 4.44. The molecule has 0 bridgehead atoms. The van der Waals surface area contributed by atoms with Gasteiger partial charge in [0.2, 0.25) is 5.75 Å². The molecule has 0 saturated carbocycles. The van der Waals surface area contributed by atoms with Gasteiger partial charge in [-0.3, -0.25) is 9.69 Å². The molecule has 0 radical (unpaired) electrons. The highest BCUT2D eigenvalue weighted by Gasteiger charge is 2.22. The molecule has 0 amide bonds. The quantitative estimate of drug-likeness (QED) is 0.447. The van der Waals surface area contributed by atoms with Crippen LogP contribution in [-0.2, 0) is 11.3 Å². The maximum atomic E-state index is 10.6. The lowest BCUT2D eigenvalue weighted by molar-refractivity contribution is -0.137. The van der Waals surface area contributed by atoms with Crippen molar-refractivity contribution in [1.29, 1.82) is 0 Å². The third-order valence-electron chi connectivity index (χ3n) is 6.00. The molecule has 1 N–H and O–H groups in total. The number of unbranched alkanes of at least 4 members (excludes halogenated alkanes) is 3. The van der Waals surface area contributed by atoms with Gasteiger partial charge in [0.25, 0.3) is 0 Å². The number of benzene rings is 2. The van der Waals surface area contributed by atoms with E-state index in [4.69, 9.17) is 19.3 Å². The SMILES string of the molecule is COc1ccc(CN2CCN(c3ccccc3)CC2)c(OCCCCCCC(=O)O)c1OC. The topological polar surface area (TPSA) is 71.5 Å². The first-order valence-corrected chi connectivity index (χ1v) is 11.7. The number of methoxy groups -OCH3 is 2. The van der Waals surface area contributed by atoms with E-state index in [1.807, 2.05) is 6.07 Å². The molecule has 0 atom stereocenters. The molecule has 7 heteroatoms. The first kappa shape index (κ1) is 24.7. The zero-order valence-corrected chi connectivity index (χ0v) is 19.8. The molecule has 180 valence electrons. The molecule has 2 aromatic rings. The summed E-state index contributed by atoms with van der Waals surface area (Å²) in [4.78, 5) is 15.5. The summed E-state index contributed by atoms with van der Waals surface area (Å²) in [7, 11) is 3.27. The zero-order chi connectivity index (χ0) is 23.5. The van der Waals surface area contributed by atoms with E-state index in [0.29, 0.717) is 24.5 Å². The molecule has 2 aromatic carbocycles. The van der Waals surface area contributed by atoms with Gasteiger partial charge < -0.3 is 24.2 Å². The minimum Gasteiger partial charge on any atom is -0.493 e. The van der Waals surface area contributed by atoms with E-state index in [0.717, 1.165) is 63.3 Å². The van der Waals surface area contributed by atoms with Crippen LogP contribution < -0.4 is 19.1 Å². The number of hydrogen-bond acceptors (Lipinski definition) is 6. The molecule has 0 unspecified atom stereocenters. The molecule has 1 heterocycles. The molecule has 33 heavy (non-hydrogen) atoms. The van der Waals surface area contributed by atoms with Gasteiger partial charge in [-0.1, -0.05) is 37.1 Å². The van der Waals surface area contributed by atoms with Gasteiger partial charge in [-0.05, 0) is 31.0 Å². The van der Waals surface area contributed by atoms with Gasteiger partial charge in [0.05, 0.1) is 20.8 Å². The Morgan fingerprint density at radius 3 is 2.27 bits per heavy atom. The second-order valence-electron chi connectivity index (χ2n) is 8.29. The lowest BCUT2D eigenvalue weighted by Crippen LogP contribution is -2.46. The molecule has 1 aliphatic rings. The Kier molecular flexibility index (Phi) is 9.69. The van der Waals surface area contributed by atoms with Crippen LogP contribution >= 0.6 is 0 Å². The van der Waals surface area contributed by atoms with Crippen molar-refractivity contribution in [3.8, 4) is 17.2 Å². The highest BCUT2D eigenvalue weighted by atomic mass is 16.5. The van der Waals surface area contributed by atoms with Crippen LogP contribution in [0.25, 0.3) is 0 Å². The molecular weight excluding hydrogens is 420 g/mol. The molecule has 7 nitrogen and oxygen atoms in total. The highest BCUT2D eigenvalue weighted by molar-refractivity contribution is 5.66. The van der Waals surface area contributed by atoms with Crippen LogP contribution in [0.1, 0.15) is 37.7 Å². The Balaban J connectivity index is 1.58. The Morgan fingerprint density at radius 2 is 1.61 bits per heavy atom. The molecule has 0 aliphatic carbocycles. The minimum absolute atomic E-state index is 0.228. The molecule has 1 fully saturated rings. The van der Waals surface area contributed by atoms with Crippen molar-refractivity contribution in [2.45, 2.75) is 38.6 Å². The number of piperazine rings is 1. The Morgan fingerprint density at radius 1 is 0.879 bits per heavy atom. The number of carbonyl (C=O) groups is 1. The standard InChI is InChI=1S/C26H36N2O5/c1-31-23-14-13-21(20-27-15-17-28(18-16-27)22-10-6-5-7-11-22)25(26(23)32-2)33-19-9-4-3-8-12-24(29)30/h5-7,10-11,13-14H,3-4,8-9,12,15-20H2,1-2H3,(H,29,30). The molecular formula is C26H36N2O5. The number of carboxylic acids is 1. The summed E-state index contributed by atoms with van der Waals surface area (Å²) in [6.07, 6.45) is 3.64. The third kappa shape index (κ3) is 7.29. The summed E-state index contributed by atoms with van der Waals surface area (Å²) < 4.78 is 17.3. The van der Waals surface area contributed by atoms with Crippen LogP contribution in [0.5, 0.6) is 17.2 Å². The summed E-state index contributed by atoms with van der Waals surface area (Å²) in [5.74, 6) is 1.30. The van der Waals surface area contributed by atoms with Gasteiger partial charge in [-0.25, -0.2) is 0 Å². The second-order valence-corrected chi connectivity index (χ2v) is 8.29. The van der Waals surface area contributed by atoms with Crippen molar-refractivity contribution in [3.05, 3.63) is 48.0 Å². The largest absolute Gasteiger partial charge is 0.493 e. The summed E-state index contributed by atoms with van der Waals surface area (Å²) in [5, 5.41) is 8.75. The van der Waals surface area contributed by atoms with Gasteiger partial charge in [0.15, 0.2) is 11.5 Å². The smallest absolute Gasteiger partial charge is 0.303 e. The zero-order valence-electron chi connectivity index (χ0n) is 19.8. The predicted molar refractivity (Wildman–Crippen MR) is 130 cm³/mol. The Hall–Kier alpha value is -2.93. The summed E-state index contributed by atoms with van der Waals surface area (Å²) in [6, 6.07) is 14.5. The molecule has 0 aromatic heterocycles. The van der Waals surface area contributed by atoms with E-state index in [2.05, 4.69) is 46.2 Å². The average Bonchev–Trinajstić information content (AvgIpc) is 2.84. The average molecular weight is 457 g/mol. The molecule has 0 spiro atoms. The number of anilines is 1. The number of nitrogens with zero attached hydrogens (tertiary/aromatic N) is 2. The fraction of sp³-hybridized carbons (Fsp3) is 0.500. The van der Waals surface area contributed by atoms with E-state index < -0.39 is 5.97 Å². The van der Waals surface area contributed by atoms with Crippen molar-refractivity contribution in [2.75, 3.05) is 51.9 Å². The first-order valence-electron chi connectivity index (χ1n) is 11.7. The van der Waals surface area contributed by atoms with Gasteiger partial charge in [-0.2, -0.15) is 0 Å². The molecule has 1 saturated heterocycles. The number of ether oxygens (including phenoxy) is 3. The van der Waals surface area contributed by atoms with Crippen LogP contribution in [0.3, 0.4) is 0 Å². The maximum Gasteiger partial charge on any atom is 0.303 e. The molecule has 1 aliphatic heterocycles. The van der Waals surface area contributed by atoms with Crippen LogP contribution in [0.2, 0.25) is 0 Å². The van der Waals surface area contributed by atoms with E-state index in [1.54, 1.807) is 14.2 Å². The van der Waals surface area contributed by atoms with E-state index >= 15 is 0 Å². The summed E-state index contributed by atoms with van der Waals surface area (Å²) >= 11 is 0. The second kappa shape index (κ2) is 12.9. The van der Waals surface area contributed by atoms with Crippen LogP contribution in [-0.4, -0.2) is 63.0 Å². The van der Waals surface area contributed by atoms with E-state index in [-0.39, 0.29) is 6.42 Å². The van der Waals surface area contributed by atoms with Crippen molar-refractivity contribution in [2.24, 2.45) is 0 Å². The number of para-hydroxylation sites is 1. The van der Waals surface area contributed by atoms with Crippen LogP contribution in [0.15, 0.2) is 42.5 Å². The summed E-state index contributed by atoms with van der Waals surface area (Å²) in [6.45, 7) is 5.29. The number of hydrogen-bond donors (Lipinski definition) is 1. The fourth-order valence-corrected chi connectivity index (χ4v) is 4.17. The number of aliphatic carboxylic acids is 1. The van der Waals surface area contributed by atoms with Crippen molar-refractivity contribution in [1.82, 2.24) is 4.90 Å².